The molecule has 0 fully saturated rings. The summed E-state index contributed by atoms with van der Waals surface area (Å²) >= 11 is 5.64. The lowest BCUT2D eigenvalue weighted by Gasteiger charge is -2.13. The topological polar surface area (TPSA) is 44.2 Å². The van der Waals surface area contributed by atoms with Gasteiger partial charge in [0, 0.05) is 12.8 Å². The molecule has 4 nitrogen and oxygen atoms in total. The third-order valence-electron chi connectivity index (χ3n) is 1.68. The highest BCUT2D eigenvalue weighted by Crippen LogP contribution is 2.09. The Morgan fingerprint density at radius 2 is 2.27 bits per heavy atom. The van der Waals surface area contributed by atoms with Gasteiger partial charge in [0.1, 0.15) is 6.10 Å². The number of ether oxygens (including phenoxy) is 2. The molecule has 0 amide bonds. The number of halogens is 1. The summed E-state index contributed by atoms with van der Waals surface area (Å²) in [7, 11) is 0. The molecule has 1 aromatic heterocycles. The maximum Gasteiger partial charge on any atom is 0.232 e. The van der Waals surface area contributed by atoms with Gasteiger partial charge >= 0.3 is 0 Å². The molecular weight excluding hydrogens is 216 g/mol. The van der Waals surface area contributed by atoms with E-state index in [4.69, 9.17) is 21.1 Å². The van der Waals surface area contributed by atoms with Gasteiger partial charge in [-0.25, -0.2) is 4.98 Å². The molecule has 0 saturated carbocycles. The second-order valence-corrected chi connectivity index (χ2v) is 3.34. The first-order chi connectivity index (χ1) is 7.26. The summed E-state index contributed by atoms with van der Waals surface area (Å²) in [4.78, 5) is 8.14. The Balaban J connectivity index is 2.48. The van der Waals surface area contributed by atoms with E-state index in [-0.39, 0.29) is 6.10 Å². The summed E-state index contributed by atoms with van der Waals surface area (Å²) in [5.41, 5.74) is 0.706. The second kappa shape index (κ2) is 6.58. The minimum absolute atomic E-state index is 0.0372. The number of hydrogen-bond acceptors (Lipinski definition) is 4. The van der Waals surface area contributed by atoms with Gasteiger partial charge < -0.3 is 9.47 Å². The van der Waals surface area contributed by atoms with Gasteiger partial charge in [0.2, 0.25) is 5.88 Å². The zero-order chi connectivity index (χ0) is 11.1. The van der Waals surface area contributed by atoms with Gasteiger partial charge in [0.25, 0.3) is 0 Å². The van der Waals surface area contributed by atoms with Crippen molar-refractivity contribution >= 4 is 11.6 Å². The van der Waals surface area contributed by atoms with Crippen LogP contribution in [0.4, 0.5) is 0 Å². The number of hydrogen-bond donors (Lipinski definition) is 0. The minimum Gasteiger partial charge on any atom is -0.471 e. The smallest absolute Gasteiger partial charge is 0.232 e. The fraction of sp³-hybridized carbons (Fsp3) is 0.600. The lowest BCUT2D eigenvalue weighted by Crippen LogP contribution is -2.19. The summed E-state index contributed by atoms with van der Waals surface area (Å²) in [6.45, 7) is 5.09. The number of aromatic nitrogens is 2. The number of rotatable bonds is 6. The lowest BCUT2D eigenvalue weighted by atomic mass is 10.4. The number of nitrogens with zero attached hydrogens (tertiary/aromatic N) is 2. The van der Waals surface area contributed by atoms with Crippen molar-refractivity contribution in [2.24, 2.45) is 0 Å². The van der Waals surface area contributed by atoms with Crippen LogP contribution in [0, 0.1) is 0 Å². The van der Waals surface area contributed by atoms with E-state index in [1.54, 1.807) is 12.4 Å². The molecule has 0 bridgehead atoms. The highest BCUT2D eigenvalue weighted by molar-refractivity contribution is 6.16. The van der Waals surface area contributed by atoms with Crippen molar-refractivity contribution in [3.05, 3.63) is 18.1 Å². The predicted molar refractivity (Wildman–Crippen MR) is 58.2 cm³/mol. The largest absolute Gasteiger partial charge is 0.471 e. The van der Waals surface area contributed by atoms with Crippen molar-refractivity contribution in [1.82, 2.24) is 9.97 Å². The van der Waals surface area contributed by atoms with Crippen LogP contribution in [0.25, 0.3) is 0 Å². The molecule has 0 aliphatic heterocycles. The molecule has 0 radical (unpaired) electrons. The molecule has 0 aliphatic carbocycles. The molecule has 5 heteroatoms. The Morgan fingerprint density at radius 3 is 2.93 bits per heavy atom. The van der Waals surface area contributed by atoms with Crippen LogP contribution in [-0.2, 0) is 10.6 Å². The normalized spacial score (nSPS) is 12.5. The summed E-state index contributed by atoms with van der Waals surface area (Å²) in [5.74, 6) is 0.824. The monoisotopic (exact) mass is 230 g/mol. The molecular formula is C10H15ClN2O2. The van der Waals surface area contributed by atoms with E-state index in [2.05, 4.69) is 9.97 Å². The van der Waals surface area contributed by atoms with Gasteiger partial charge in [-0.2, -0.15) is 0 Å². The second-order valence-electron chi connectivity index (χ2n) is 3.07. The van der Waals surface area contributed by atoms with Crippen LogP contribution >= 0.6 is 11.6 Å². The summed E-state index contributed by atoms with van der Waals surface area (Å²) in [6.07, 6.45) is 3.15. The quantitative estimate of drug-likeness (QED) is 0.702. The van der Waals surface area contributed by atoms with Gasteiger partial charge in [0.05, 0.1) is 24.4 Å². The third kappa shape index (κ3) is 4.44. The van der Waals surface area contributed by atoms with Crippen LogP contribution in [0.3, 0.4) is 0 Å². The fourth-order valence-corrected chi connectivity index (χ4v) is 1.16. The first-order valence-electron chi connectivity index (χ1n) is 4.87. The van der Waals surface area contributed by atoms with E-state index < -0.39 is 0 Å². The average Bonchev–Trinajstić information content (AvgIpc) is 2.26. The first kappa shape index (κ1) is 12.2. The van der Waals surface area contributed by atoms with E-state index in [1.165, 1.54) is 0 Å². The van der Waals surface area contributed by atoms with Crippen LogP contribution < -0.4 is 4.74 Å². The van der Waals surface area contributed by atoms with Crippen LogP contribution in [0.2, 0.25) is 0 Å². The summed E-state index contributed by atoms with van der Waals surface area (Å²) in [6, 6.07) is 0. The van der Waals surface area contributed by atoms with Gasteiger partial charge in [-0.05, 0) is 13.8 Å². The maximum absolute atomic E-state index is 5.64. The van der Waals surface area contributed by atoms with Crippen molar-refractivity contribution in [3.63, 3.8) is 0 Å². The fourth-order valence-electron chi connectivity index (χ4n) is 1.03. The Kier molecular flexibility index (Phi) is 5.36. The van der Waals surface area contributed by atoms with E-state index in [9.17, 15) is 0 Å². The molecule has 1 atom stereocenters. The molecule has 0 saturated heterocycles. The van der Waals surface area contributed by atoms with Crippen LogP contribution in [0.5, 0.6) is 5.88 Å². The Hall–Kier alpha value is -0.870. The predicted octanol–water partition coefficient (Wildman–Crippen LogP) is 2.02. The van der Waals surface area contributed by atoms with Crippen molar-refractivity contribution in [2.75, 3.05) is 13.2 Å². The van der Waals surface area contributed by atoms with Crippen molar-refractivity contribution in [1.29, 1.82) is 0 Å². The van der Waals surface area contributed by atoms with Gasteiger partial charge in [-0.1, -0.05) is 0 Å². The Morgan fingerprint density at radius 1 is 1.47 bits per heavy atom. The van der Waals surface area contributed by atoms with Gasteiger partial charge in [0.15, 0.2) is 0 Å². The van der Waals surface area contributed by atoms with Gasteiger partial charge in [-0.3, -0.25) is 4.98 Å². The van der Waals surface area contributed by atoms with Crippen molar-refractivity contribution in [3.8, 4) is 5.88 Å². The molecule has 0 aliphatic rings. The first-order valence-corrected chi connectivity index (χ1v) is 5.41. The molecule has 1 unspecified atom stereocenters. The lowest BCUT2D eigenvalue weighted by molar-refractivity contribution is 0.0630. The van der Waals surface area contributed by atoms with E-state index >= 15 is 0 Å². The standard InChI is InChI=1S/C10H15ClN2O2/c1-3-14-7-8(2)15-10-6-12-5-9(4-11)13-10/h5-6,8H,3-4,7H2,1-2H3. The molecule has 84 valence electrons. The summed E-state index contributed by atoms with van der Waals surface area (Å²) in [5, 5.41) is 0. The van der Waals surface area contributed by atoms with E-state index in [0.29, 0.717) is 30.7 Å². The molecule has 1 heterocycles. The zero-order valence-corrected chi connectivity index (χ0v) is 9.70. The highest BCUT2D eigenvalue weighted by Gasteiger charge is 2.05. The molecule has 0 N–H and O–H groups in total. The molecule has 0 spiro atoms. The SMILES string of the molecule is CCOCC(C)Oc1cncc(CCl)n1. The third-order valence-corrected chi connectivity index (χ3v) is 1.95. The highest BCUT2D eigenvalue weighted by atomic mass is 35.5. The molecule has 0 aromatic carbocycles. The average molecular weight is 231 g/mol. The number of alkyl halides is 1. The Bertz CT molecular complexity index is 297. The van der Waals surface area contributed by atoms with Crippen LogP contribution in [0.1, 0.15) is 19.5 Å². The molecule has 1 aromatic rings. The summed E-state index contributed by atoms with van der Waals surface area (Å²) < 4.78 is 10.7. The van der Waals surface area contributed by atoms with E-state index in [1.807, 2.05) is 13.8 Å². The van der Waals surface area contributed by atoms with Crippen molar-refractivity contribution < 1.29 is 9.47 Å². The van der Waals surface area contributed by atoms with Crippen LogP contribution in [-0.4, -0.2) is 29.3 Å². The molecule has 15 heavy (non-hydrogen) atoms. The molecule has 1 rings (SSSR count). The van der Waals surface area contributed by atoms with Crippen LogP contribution in [0.15, 0.2) is 12.4 Å². The van der Waals surface area contributed by atoms with Crippen molar-refractivity contribution in [2.45, 2.75) is 25.8 Å². The van der Waals surface area contributed by atoms with E-state index in [0.717, 1.165) is 0 Å². The zero-order valence-electron chi connectivity index (χ0n) is 8.94. The Labute approximate surface area is 94.6 Å². The minimum atomic E-state index is -0.0372. The van der Waals surface area contributed by atoms with Gasteiger partial charge in [-0.15, -0.1) is 11.6 Å². The maximum atomic E-state index is 5.64.